The maximum atomic E-state index is 13.0. The van der Waals surface area contributed by atoms with Gasteiger partial charge in [-0.1, -0.05) is 0 Å². The first-order valence-corrected chi connectivity index (χ1v) is 10.5. The Kier molecular flexibility index (Phi) is 7.27. The molecule has 1 aromatic rings. The molecule has 1 aromatic carbocycles. The van der Waals surface area contributed by atoms with Gasteiger partial charge in [0.1, 0.15) is 4.90 Å². The van der Waals surface area contributed by atoms with Gasteiger partial charge in [-0.3, -0.25) is 9.69 Å². The highest BCUT2D eigenvalue weighted by Crippen LogP contribution is 2.36. The highest BCUT2D eigenvalue weighted by molar-refractivity contribution is 9.10. The smallest absolute Gasteiger partial charge is 0.244 e. The number of halogens is 1. The van der Waals surface area contributed by atoms with E-state index < -0.39 is 10.0 Å². The zero-order valence-electron chi connectivity index (χ0n) is 15.1. The number of ether oxygens (including phenoxy) is 2. The zero-order chi connectivity index (χ0) is 19.3. The van der Waals surface area contributed by atoms with Gasteiger partial charge in [-0.05, 0) is 28.9 Å². The van der Waals surface area contributed by atoms with Crippen molar-refractivity contribution < 1.29 is 22.7 Å². The number of sulfonamides is 1. The van der Waals surface area contributed by atoms with Crippen molar-refractivity contribution in [3.8, 4) is 11.5 Å². The molecule has 2 rings (SSSR count). The van der Waals surface area contributed by atoms with Gasteiger partial charge >= 0.3 is 0 Å². The van der Waals surface area contributed by atoms with Crippen molar-refractivity contribution in [2.45, 2.75) is 11.8 Å². The summed E-state index contributed by atoms with van der Waals surface area (Å²) < 4.78 is 38.3. The average Bonchev–Trinajstić information content (AvgIpc) is 2.61. The lowest BCUT2D eigenvalue weighted by molar-refractivity contribution is -0.122. The molecule has 26 heavy (non-hydrogen) atoms. The zero-order valence-corrected chi connectivity index (χ0v) is 17.5. The number of nitrogens with zero attached hydrogens (tertiary/aromatic N) is 2. The molecule has 0 spiro atoms. The van der Waals surface area contributed by atoms with Crippen LogP contribution < -0.4 is 14.8 Å². The Bertz CT molecular complexity index is 748. The third-order valence-electron chi connectivity index (χ3n) is 4.13. The fourth-order valence-corrected chi connectivity index (χ4v) is 5.18. The van der Waals surface area contributed by atoms with Crippen LogP contribution in [-0.2, 0) is 14.8 Å². The summed E-state index contributed by atoms with van der Waals surface area (Å²) >= 11 is 3.31. The van der Waals surface area contributed by atoms with E-state index in [1.165, 1.54) is 24.6 Å². The van der Waals surface area contributed by atoms with Crippen molar-refractivity contribution >= 4 is 31.9 Å². The normalized spacial score (nSPS) is 16.3. The molecule has 1 heterocycles. The summed E-state index contributed by atoms with van der Waals surface area (Å²) in [5.41, 5.74) is 0. The minimum absolute atomic E-state index is 0.0496. The van der Waals surface area contributed by atoms with Crippen molar-refractivity contribution in [2.75, 3.05) is 53.5 Å². The van der Waals surface area contributed by atoms with Crippen LogP contribution in [0, 0.1) is 0 Å². The van der Waals surface area contributed by atoms with E-state index in [1.54, 1.807) is 6.07 Å². The van der Waals surface area contributed by atoms with E-state index in [1.807, 2.05) is 11.8 Å². The summed E-state index contributed by atoms with van der Waals surface area (Å²) in [5.74, 6) is 0.751. The number of likely N-dealkylation sites (N-methyl/N-ethyl adjacent to an activating group) is 1. The third kappa shape index (κ3) is 4.67. The van der Waals surface area contributed by atoms with Crippen molar-refractivity contribution in [3.05, 3.63) is 16.6 Å². The van der Waals surface area contributed by atoms with E-state index in [0.29, 0.717) is 48.7 Å². The Hall–Kier alpha value is -1.36. The molecule has 1 aliphatic rings. The Morgan fingerprint density at radius 2 is 1.73 bits per heavy atom. The van der Waals surface area contributed by atoms with Gasteiger partial charge in [0.2, 0.25) is 15.9 Å². The highest BCUT2D eigenvalue weighted by Gasteiger charge is 2.31. The summed E-state index contributed by atoms with van der Waals surface area (Å²) in [6, 6.07) is 3.04. The van der Waals surface area contributed by atoms with E-state index in [-0.39, 0.29) is 17.3 Å². The minimum atomic E-state index is -3.69. The van der Waals surface area contributed by atoms with Gasteiger partial charge in [0.25, 0.3) is 0 Å². The van der Waals surface area contributed by atoms with Gasteiger partial charge in [0.15, 0.2) is 11.5 Å². The van der Waals surface area contributed by atoms with Gasteiger partial charge in [0.05, 0.1) is 20.8 Å². The maximum Gasteiger partial charge on any atom is 0.244 e. The van der Waals surface area contributed by atoms with E-state index in [0.717, 1.165) is 0 Å². The number of benzene rings is 1. The molecular weight excluding hydrogens is 426 g/mol. The molecule has 1 aliphatic heterocycles. The number of carbonyl (C=O) groups is 1. The molecule has 0 bridgehead atoms. The van der Waals surface area contributed by atoms with E-state index in [9.17, 15) is 13.2 Å². The summed E-state index contributed by atoms with van der Waals surface area (Å²) in [6.45, 7) is 4.37. The molecule has 10 heteroatoms. The Morgan fingerprint density at radius 3 is 2.27 bits per heavy atom. The first kappa shape index (κ1) is 20.9. The summed E-state index contributed by atoms with van der Waals surface area (Å²) in [4.78, 5) is 13.7. The minimum Gasteiger partial charge on any atom is -0.493 e. The Morgan fingerprint density at radius 1 is 1.15 bits per heavy atom. The molecule has 0 unspecified atom stereocenters. The van der Waals surface area contributed by atoms with E-state index >= 15 is 0 Å². The molecule has 0 radical (unpaired) electrons. The van der Waals surface area contributed by atoms with Gasteiger partial charge in [-0.25, -0.2) is 8.42 Å². The lowest BCUT2D eigenvalue weighted by atomic mass is 10.3. The van der Waals surface area contributed by atoms with Crippen molar-refractivity contribution in [1.29, 1.82) is 0 Å². The topological polar surface area (TPSA) is 88.2 Å². The summed E-state index contributed by atoms with van der Waals surface area (Å²) in [6.07, 6.45) is 0. The van der Waals surface area contributed by atoms with Crippen molar-refractivity contribution in [3.63, 3.8) is 0 Å². The second-order valence-corrected chi connectivity index (χ2v) is 8.53. The van der Waals surface area contributed by atoms with Gasteiger partial charge in [0, 0.05) is 43.3 Å². The summed E-state index contributed by atoms with van der Waals surface area (Å²) in [7, 11) is -0.736. The van der Waals surface area contributed by atoms with Crippen molar-refractivity contribution in [2.24, 2.45) is 0 Å². The monoisotopic (exact) mass is 449 g/mol. The van der Waals surface area contributed by atoms with Crippen LogP contribution in [0.1, 0.15) is 6.92 Å². The van der Waals surface area contributed by atoms with Crippen LogP contribution in [0.5, 0.6) is 11.5 Å². The molecule has 1 fully saturated rings. The largest absolute Gasteiger partial charge is 0.493 e. The lowest BCUT2D eigenvalue weighted by Gasteiger charge is -2.33. The highest BCUT2D eigenvalue weighted by atomic mass is 79.9. The standard InChI is InChI=1S/C16H24BrN3O5S/c1-4-18-16(21)11-19-5-7-20(8-6-19)26(22,23)15-10-14(25-3)13(24-2)9-12(15)17/h9-10H,4-8,11H2,1-3H3,(H,18,21). The van der Waals surface area contributed by atoms with Crippen LogP contribution in [0.3, 0.4) is 0 Å². The predicted octanol–water partition coefficient (Wildman–Crippen LogP) is 0.909. The SMILES string of the molecule is CCNC(=O)CN1CCN(S(=O)(=O)c2cc(OC)c(OC)cc2Br)CC1. The van der Waals surface area contributed by atoms with Crippen LogP contribution in [0.15, 0.2) is 21.5 Å². The molecule has 146 valence electrons. The molecule has 0 atom stereocenters. The fourth-order valence-electron chi connectivity index (χ4n) is 2.76. The van der Waals surface area contributed by atoms with Crippen LogP contribution in [-0.4, -0.2) is 77.0 Å². The van der Waals surface area contributed by atoms with Gasteiger partial charge in [-0.2, -0.15) is 4.31 Å². The second kappa shape index (κ2) is 9.03. The number of nitrogens with one attached hydrogen (secondary N) is 1. The number of carbonyl (C=O) groups excluding carboxylic acids is 1. The Labute approximate surface area is 162 Å². The first-order chi connectivity index (χ1) is 12.3. The average molecular weight is 450 g/mol. The summed E-state index contributed by atoms with van der Waals surface area (Å²) in [5, 5.41) is 2.75. The number of methoxy groups -OCH3 is 2. The third-order valence-corrected chi connectivity index (χ3v) is 6.99. The number of hydrogen-bond donors (Lipinski definition) is 1. The molecule has 8 nitrogen and oxygen atoms in total. The van der Waals surface area contributed by atoms with Gasteiger partial charge in [-0.15, -0.1) is 0 Å². The van der Waals surface area contributed by atoms with Crippen LogP contribution in [0.2, 0.25) is 0 Å². The van der Waals surface area contributed by atoms with E-state index in [2.05, 4.69) is 21.2 Å². The van der Waals surface area contributed by atoms with Crippen LogP contribution in [0.25, 0.3) is 0 Å². The van der Waals surface area contributed by atoms with E-state index in [4.69, 9.17) is 9.47 Å². The molecule has 0 saturated carbocycles. The second-order valence-electron chi connectivity index (χ2n) is 5.77. The molecule has 1 N–H and O–H groups in total. The van der Waals surface area contributed by atoms with Crippen molar-refractivity contribution in [1.82, 2.24) is 14.5 Å². The van der Waals surface area contributed by atoms with Crippen LogP contribution >= 0.6 is 15.9 Å². The molecular formula is C16H24BrN3O5S. The molecule has 0 aliphatic carbocycles. The quantitative estimate of drug-likeness (QED) is 0.665. The molecule has 1 saturated heterocycles. The Balaban J connectivity index is 2.13. The predicted molar refractivity (Wildman–Crippen MR) is 101 cm³/mol. The fraction of sp³-hybridized carbons (Fsp3) is 0.562. The molecule has 0 aromatic heterocycles. The maximum absolute atomic E-state index is 13.0. The first-order valence-electron chi connectivity index (χ1n) is 8.24. The lowest BCUT2D eigenvalue weighted by Crippen LogP contribution is -2.51. The number of hydrogen-bond acceptors (Lipinski definition) is 6. The van der Waals surface area contributed by atoms with Gasteiger partial charge < -0.3 is 14.8 Å². The number of amides is 1. The number of piperazine rings is 1. The number of rotatable bonds is 7. The molecule has 1 amide bonds. The van der Waals surface area contributed by atoms with Crippen LogP contribution in [0.4, 0.5) is 0 Å².